The second-order valence-electron chi connectivity index (χ2n) is 8.32. The van der Waals surface area contributed by atoms with Crippen LogP contribution in [0.3, 0.4) is 0 Å². The molecule has 2 aromatic rings. The zero-order chi connectivity index (χ0) is 23.4. The number of anilines is 1. The summed E-state index contributed by atoms with van der Waals surface area (Å²) in [6.45, 7) is 3.83. The van der Waals surface area contributed by atoms with Gasteiger partial charge < -0.3 is 10.1 Å². The van der Waals surface area contributed by atoms with Crippen molar-refractivity contribution in [2.75, 3.05) is 44.7 Å². The molecule has 0 radical (unpaired) electrons. The first kappa shape index (κ1) is 24.4. The number of hydrogen-bond donors (Lipinski definition) is 1. The molecule has 7 nitrogen and oxygen atoms in total. The van der Waals surface area contributed by atoms with E-state index < -0.39 is 10.0 Å². The molecule has 1 amide bonds. The Morgan fingerprint density at radius 1 is 1.00 bits per heavy atom. The predicted molar refractivity (Wildman–Crippen MR) is 129 cm³/mol. The second kappa shape index (κ2) is 10.7. The van der Waals surface area contributed by atoms with Crippen molar-refractivity contribution < 1.29 is 17.9 Å². The maximum Gasteiger partial charge on any atom is 0.243 e. The molecule has 33 heavy (non-hydrogen) atoms. The third-order valence-corrected chi connectivity index (χ3v) is 8.60. The number of piperidine rings is 1. The first-order valence-corrected chi connectivity index (χ1v) is 13.2. The largest absolute Gasteiger partial charge is 0.379 e. The van der Waals surface area contributed by atoms with E-state index >= 15 is 0 Å². The van der Waals surface area contributed by atoms with Gasteiger partial charge in [-0.15, -0.1) is 0 Å². The van der Waals surface area contributed by atoms with Crippen LogP contribution in [0.25, 0.3) is 0 Å². The molecule has 2 saturated heterocycles. The van der Waals surface area contributed by atoms with E-state index in [4.69, 9.17) is 27.9 Å². The fourth-order valence-electron chi connectivity index (χ4n) is 4.13. The summed E-state index contributed by atoms with van der Waals surface area (Å²) < 4.78 is 32.1. The lowest BCUT2D eigenvalue weighted by molar-refractivity contribution is -0.121. The molecular weight excluding hydrogens is 485 g/mol. The summed E-state index contributed by atoms with van der Waals surface area (Å²) in [5.41, 5.74) is 1.62. The molecule has 2 aliphatic rings. The zero-order valence-electron chi connectivity index (χ0n) is 18.2. The minimum atomic E-state index is -3.55. The summed E-state index contributed by atoms with van der Waals surface area (Å²) in [5, 5.41) is 4.20. The molecule has 2 aromatic carbocycles. The molecule has 2 aliphatic heterocycles. The highest BCUT2D eigenvalue weighted by atomic mass is 35.5. The molecule has 0 atom stereocenters. The molecular formula is C23H27Cl2N3O4S. The Kier molecular flexibility index (Phi) is 7.94. The van der Waals surface area contributed by atoms with Crippen LogP contribution in [-0.4, -0.2) is 62.9 Å². The number of nitrogens with one attached hydrogen (secondary N) is 1. The fraction of sp³-hybridized carbons (Fsp3) is 0.435. The Balaban J connectivity index is 1.29. The van der Waals surface area contributed by atoms with Crippen LogP contribution in [0, 0.1) is 5.92 Å². The van der Waals surface area contributed by atoms with E-state index in [0.717, 1.165) is 38.0 Å². The van der Waals surface area contributed by atoms with Gasteiger partial charge >= 0.3 is 0 Å². The number of morpholine rings is 1. The molecule has 4 rings (SSSR count). The Morgan fingerprint density at radius 2 is 1.67 bits per heavy atom. The molecule has 0 aromatic heterocycles. The van der Waals surface area contributed by atoms with Crippen LogP contribution in [0.4, 0.5) is 5.69 Å². The lowest BCUT2D eigenvalue weighted by atomic mass is 9.95. The number of sulfonamides is 1. The maximum absolute atomic E-state index is 12.7. The molecule has 1 N–H and O–H groups in total. The molecule has 2 heterocycles. The Bertz CT molecular complexity index is 1080. The van der Waals surface area contributed by atoms with Crippen molar-refractivity contribution in [3.8, 4) is 0 Å². The van der Waals surface area contributed by atoms with Crippen LogP contribution in [0.15, 0.2) is 47.4 Å². The van der Waals surface area contributed by atoms with Crippen LogP contribution in [0.5, 0.6) is 0 Å². The number of likely N-dealkylation sites (tertiary alicyclic amines) is 1. The van der Waals surface area contributed by atoms with Crippen molar-refractivity contribution in [2.24, 2.45) is 5.92 Å². The first-order chi connectivity index (χ1) is 15.8. The summed E-state index contributed by atoms with van der Waals surface area (Å²) in [5.74, 6) is -0.123. The van der Waals surface area contributed by atoms with Gasteiger partial charge in [-0.05, 0) is 67.9 Å². The smallest absolute Gasteiger partial charge is 0.243 e. The summed E-state index contributed by atoms with van der Waals surface area (Å²) in [7, 11) is -3.55. The number of benzene rings is 2. The number of rotatable bonds is 6. The summed E-state index contributed by atoms with van der Waals surface area (Å²) in [4.78, 5) is 15.2. The molecule has 10 heteroatoms. The highest BCUT2D eigenvalue weighted by molar-refractivity contribution is 7.89. The quantitative estimate of drug-likeness (QED) is 0.636. The normalized spacial score (nSPS) is 18.8. The van der Waals surface area contributed by atoms with E-state index in [9.17, 15) is 13.2 Å². The highest BCUT2D eigenvalue weighted by Crippen LogP contribution is 2.26. The van der Waals surface area contributed by atoms with Gasteiger partial charge in [0.25, 0.3) is 0 Å². The van der Waals surface area contributed by atoms with Gasteiger partial charge in [0, 0.05) is 41.3 Å². The number of nitrogens with zero attached hydrogens (tertiary/aromatic N) is 2. The SMILES string of the molecule is O=C(Nc1ccc(S(=O)(=O)N2CCOCC2)cc1)C1CCN(Cc2ccc(Cl)cc2Cl)CC1. The van der Waals surface area contributed by atoms with Crippen molar-refractivity contribution in [1.29, 1.82) is 0 Å². The van der Waals surface area contributed by atoms with Gasteiger partial charge in [-0.25, -0.2) is 8.42 Å². The summed E-state index contributed by atoms with van der Waals surface area (Å²) in [6, 6.07) is 11.9. The van der Waals surface area contributed by atoms with Gasteiger partial charge in [-0.1, -0.05) is 29.3 Å². The van der Waals surface area contributed by atoms with Crippen molar-refractivity contribution in [3.63, 3.8) is 0 Å². The lowest BCUT2D eigenvalue weighted by Crippen LogP contribution is -2.40. The van der Waals surface area contributed by atoms with Crippen LogP contribution in [0.1, 0.15) is 18.4 Å². The summed E-state index contributed by atoms with van der Waals surface area (Å²) in [6.07, 6.45) is 1.50. The van der Waals surface area contributed by atoms with Gasteiger partial charge in [0.15, 0.2) is 0 Å². The van der Waals surface area contributed by atoms with E-state index in [0.29, 0.717) is 42.0 Å². The third kappa shape index (κ3) is 6.07. The second-order valence-corrected chi connectivity index (χ2v) is 11.1. The minimum Gasteiger partial charge on any atom is -0.379 e. The van der Waals surface area contributed by atoms with E-state index in [-0.39, 0.29) is 16.7 Å². The third-order valence-electron chi connectivity index (χ3n) is 6.10. The van der Waals surface area contributed by atoms with Crippen LogP contribution >= 0.6 is 23.2 Å². The van der Waals surface area contributed by atoms with Gasteiger partial charge in [-0.3, -0.25) is 9.69 Å². The molecule has 0 saturated carbocycles. The topological polar surface area (TPSA) is 79.0 Å². The lowest BCUT2D eigenvalue weighted by Gasteiger charge is -2.31. The van der Waals surface area contributed by atoms with Crippen LogP contribution in [-0.2, 0) is 26.1 Å². The van der Waals surface area contributed by atoms with Crippen molar-refractivity contribution in [3.05, 3.63) is 58.1 Å². The number of halogens is 2. The highest BCUT2D eigenvalue weighted by Gasteiger charge is 2.27. The van der Waals surface area contributed by atoms with Gasteiger partial charge in [-0.2, -0.15) is 4.31 Å². The average molecular weight is 512 g/mol. The first-order valence-electron chi connectivity index (χ1n) is 11.0. The van der Waals surface area contributed by atoms with E-state index in [2.05, 4.69) is 10.2 Å². The van der Waals surface area contributed by atoms with Crippen LogP contribution in [0.2, 0.25) is 10.0 Å². The standard InChI is InChI=1S/C23H27Cl2N3O4S/c24-19-2-1-18(22(25)15-19)16-27-9-7-17(8-10-27)23(29)26-20-3-5-21(6-4-20)33(30,31)28-11-13-32-14-12-28/h1-6,15,17H,7-14,16H2,(H,26,29). The van der Waals surface area contributed by atoms with E-state index in [1.165, 1.54) is 4.31 Å². The van der Waals surface area contributed by atoms with Crippen molar-refractivity contribution in [1.82, 2.24) is 9.21 Å². The molecule has 2 fully saturated rings. The van der Waals surface area contributed by atoms with Gasteiger partial charge in [0.2, 0.25) is 15.9 Å². The summed E-state index contributed by atoms with van der Waals surface area (Å²) >= 11 is 12.2. The Labute approximate surface area is 204 Å². The molecule has 178 valence electrons. The number of carbonyl (C=O) groups is 1. The van der Waals surface area contributed by atoms with E-state index in [1.54, 1.807) is 30.3 Å². The van der Waals surface area contributed by atoms with Crippen molar-refractivity contribution >= 4 is 44.8 Å². The fourth-order valence-corrected chi connectivity index (χ4v) is 6.01. The number of carbonyl (C=O) groups excluding carboxylic acids is 1. The number of hydrogen-bond acceptors (Lipinski definition) is 5. The molecule has 0 spiro atoms. The monoisotopic (exact) mass is 511 g/mol. The van der Waals surface area contributed by atoms with Gasteiger partial charge in [0.05, 0.1) is 18.1 Å². The average Bonchev–Trinajstić information content (AvgIpc) is 2.82. The van der Waals surface area contributed by atoms with Crippen LogP contribution < -0.4 is 5.32 Å². The molecule has 0 unspecified atom stereocenters. The minimum absolute atomic E-state index is 0.0389. The number of amides is 1. The van der Waals surface area contributed by atoms with Gasteiger partial charge in [0.1, 0.15) is 0 Å². The molecule has 0 bridgehead atoms. The van der Waals surface area contributed by atoms with Crippen molar-refractivity contribution in [2.45, 2.75) is 24.3 Å². The Hall–Kier alpha value is -1.68. The van der Waals surface area contributed by atoms with E-state index in [1.807, 2.05) is 12.1 Å². The zero-order valence-corrected chi connectivity index (χ0v) is 20.5. The predicted octanol–water partition coefficient (Wildman–Crippen LogP) is 3.87. The number of ether oxygens (including phenoxy) is 1. The molecule has 0 aliphatic carbocycles. The maximum atomic E-state index is 12.7. The Morgan fingerprint density at radius 3 is 2.30 bits per heavy atom.